The minimum Gasteiger partial charge on any atom is -0.497 e. The summed E-state index contributed by atoms with van der Waals surface area (Å²) in [6, 6.07) is 8.34. The minimum atomic E-state index is 0.0548. The highest BCUT2D eigenvalue weighted by Gasteiger charge is 2.23. The number of benzene rings is 1. The Morgan fingerprint density at radius 3 is 2.59 bits per heavy atom. The Labute approximate surface area is 159 Å². The van der Waals surface area contributed by atoms with Crippen LogP contribution in [0.4, 0.5) is 11.5 Å². The Morgan fingerprint density at radius 2 is 1.93 bits per heavy atom. The molecular weight excluding hydrogens is 340 g/mol. The molecule has 0 N–H and O–H groups in total. The molecule has 0 atom stereocenters. The molecule has 4 rings (SSSR count). The predicted octanol–water partition coefficient (Wildman–Crippen LogP) is 3.94. The number of hydrogen-bond donors (Lipinski definition) is 0. The molecule has 0 unspecified atom stereocenters. The molecule has 6 heteroatoms. The Hall–Kier alpha value is -2.76. The van der Waals surface area contributed by atoms with Crippen molar-refractivity contribution >= 4 is 22.5 Å². The van der Waals surface area contributed by atoms with Gasteiger partial charge in [-0.25, -0.2) is 9.78 Å². The van der Waals surface area contributed by atoms with Gasteiger partial charge >= 0.3 is 5.69 Å². The molecule has 1 fully saturated rings. The van der Waals surface area contributed by atoms with Crippen LogP contribution in [0.2, 0.25) is 0 Å². The van der Waals surface area contributed by atoms with E-state index < -0.39 is 0 Å². The van der Waals surface area contributed by atoms with Gasteiger partial charge in [-0.1, -0.05) is 12.8 Å². The third-order valence-electron chi connectivity index (χ3n) is 5.76. The maximum atomic E-state index is 12.8. The van der Waals surface area contributed by atoms with Crippen LogP contribution in [0, 0.1) is 6.92 Å². The fourth-order valence-electron chi connectivity index (χ4n) is 4.20. The van der Waals surface area contributed by atoms with Gasteiger partial charge in [0, 0.05) is 31.9 Å². The van der Waals surface area contributed by atoms with E-state index in [1.165, 1.54) is 12.8 Å². The number of methoxy groups -OCH3 is 1. The summed E-state index contributed by atoms with van der Waals surface area (Å²) in [6.45, 7) is 2.06. The normalized spacial score (nSPS) is 14.8. The summed E-state index contributed by atoms with van der Waals surface area (Å²) in [5, 5.41) is 0. The molecule has 2 heterocycles. The standard InChI is InChI=1S/C21H26N4O2/c1-14-11-16(27-4)9-10-17(14)23(2)20-12-18-19(13-22-20)24(3)21(26)25(18)15-7-5-6-8-15/h9-13,15H,5-8H2,1-4H3. The number of hydrogen-bond acceptors (Lipinski definition) is 4. The molecule has 3 aromatic rings. The number of ether oxygens (including phenoxy) is 1. The summed E-state index contributed by atoms with van der Waals surface area (Å²) in [5.41, 5.74) is 4.08. The molecule has 1 aliphatic carbocycles. The molecule has 1 saturated carbocycles. The van der Waals surface area contributed by atoms with Crippen LogP contribution >= 0.6 is 0 Å². The molecule has 0 saturated heterocycles. The lowest BCUT2D eigenvalue weighted by atomic mass is 10.1. The van der Waals surface area contributed by atoms with Crippen LogP contribution < -0.4 is 15.3 Å². The molecule has 1 aromatic carbocycles. The monoisotopic (exact) mass is 366 g/mol. The molecule has 0 aliphatic heterocycles. The van der Waals surface area contributed by atoms with Gasteiger partial charge in [0.05, 0.1) is 24.3 Å². The van der Waals surface area contributed by atoms with Gasteiger partial charge in [0.2, 0.25) is 0 Å². The Bertz CT molecular complexity index is 1040. The molecule has 6 nitrogen and oxygen atoms in total. The van der Waals surface area contributed by atoms with Gasteiger partial charge in [0.15, 0.2) is 0 Å². The van der Waals surface area contributed by atoms with Crippen LogP contribution in [0.3, 0.4) is 0 Å². The van der Waals surface area contributed by atoms with Crippen LogP contribution in [0.15, 0.2) is 35.3 Å². The Kier molecular flexibility index (Phi) is 4.42. The number of nitrogens with zero attached hydrogens (tertiary/aromatic N) is 4. The highest BCUT2D eigenvalue weighted by molar-refractivity contribution is 5.80. The number of rotatable bonds is 4. The summed E-state index contributed by atoms with van der Waals surface area (Å²) in [4.78, 5) is 19.5. The van der Waals surface area contributed by atoms with E-state index in [2.05, 4.69) is 16.8 Å². The second-order valence-corrected chi connectivity index (χ2v) is 7.39. The van der Waals surface area contributed by atoms with Gasteiger partial charge in [-0.2, -0.15) is 0 Å². The molecule has 0 bridgehead atoms. The maximum absolute atomic E-state index is 12.8. The summed E-state index contributed by atoms with van der Waals surface area (Å²) in [6.07, 6.45) is 6.34. The number of anilines is 2. The number of aromatic nitrogens is 3. The Morgan fingerprint density at radius 1 is 1.19 bits per heavy atom. The predicted molar refractivity (Wildman–Crippen MR) is 108 cm³/mol. The molecule has 2 aromatic heterocycles. The Balaban J connectivity index is 1.81. The van der Waals surface area contributed by atoms with Crippen molar-refractivity contribution in [2.75, 3.05) is 19.1 Å². The summed E-state index contributed by atoms with van der Waals surface area (Å²) < 4.78 is 8.99. The molecule has 1 aliphatic rings. The first-order valence-electron chi connectivity index (χ1n) is 9.46. The average Bonchev–Trinajstić information content (AvgIpc) is 3.28. The third kappa shape index (κ3) is 2.89. The van der Waals surface area contributed by atoms with Crippen LogP contribution in [-0.2, 0) is 7.05 Å². The fourth-order valence-corrected chi connectivity index (χ4v) is 4.20. The minimum absolute atomic E-state index is 0.0548. The third-order valence-corrected chi connectivity index (χ3v) is 5.76. The summed E-state index contributed by atoms with van der Waals surface area (Å²) in [7, 11) is 5.50. The van der Waals surface area contributed by atoms with Gasteiger partial charge in [0.1, 0.15) is 11.6 Å². The summed E-state index contributed by atoms with van der Waals surface area (Å²) in [5.74, 6) is 1.67. The van der Waals surface area contributed by atoms with E-state index in [1.54, 1.807) is 11.7 Å². The molecule has 27 heavy (non-hydrogen) atoms. The first-order chi connectivity index (χ1) is 13.0. The van der Waals surface area contributed by atoms with Crippen molar-refractivity contribution in [1.82, 2.24) is 14.1 Å². The van der Waals surface area contributed by atoms with E-state index in [0.29, 0.717) is 6.04 Å². The van der Waals surface area contributed by atoms with Gasteiger partial charge < -0.3 is 9.64 Å². The van der Waals surface area contributed by atoms with Crippen molar-refractivity contribution in [1.29, 1.82) is 0 Å². The fraction of sp³-hybridized carbons (Fsp3) is 0.429. The number of imidazole rings is 1. The van der Waals surface area contributed by atoms with Gasteiger partial charge in [-0.15, -0.1) is 0 Å². The van der Waals surface area contributed by atoms with Crippen LogP contribution in [-0.4, -0.2) is 28.3 Å². The number of aryl methyl sites for hydroxylation is 2. The molecule has 0 spiro atoms. The van der Waals surface area contributed by atoms with E-state index in [9.17, 15) is 4.79 Å². The van der Waals surface area contributed by atoms with Crippen LogP contribution in [0.1, 0.15) is 37.3 Å². The van der Waals surface area contributed by atoms with Gasteiger partial charge in [-0.3, -0.25) is 9.13 Å². The van der Waals surface area contributed by atoms with E-state index in [4.69, 9.17) is 4.74 Å². The largest absolute Gasteiger partial charge is 0.497 e. The van der Waals surface area contributed by atoms with Crippen molar-refractivity contribution in [3.8, 4) is 5.75 Å². The van der Waals surface area contributed by atoms with Gasteiger partial charge in [-0.05, 0) is 43.5 Å². The first-order valence-corrected chi connectivity index (χ1v) is 9.46. The van der Waals surface area contributed by atoms with Crippen molar-refractivity contribution in [2.24, 2.45) is 7.05 Å². The lowest BCUT2D eigenvalue weighted by Crippen LogP contribution is -2.24. The molecular formula is C21H26N4O2. The highest BCUT2D eigenvalue weighted by atomic mass is 16.5. The molecule has 0 radical (unpaired) electrons. The van der Waals surface area contributed by atoms with E-state index >= 15 is 0 Å². The van der Waals surface area contributed by atoms with Crippen molar-refractivity contribution in [3.63, 3.8) is 0 Å². The van der Waals surface area contributed by atoms with Crippen molar-refractivity contribution in [3.05, 3.63) is 46.5 Å². The van der Waals surface area contributed by atoms with E-state index in [1.807, 2.05) is 49.1 Å². The zero-order valence-corrected chi connectivity index (χ0v) is 16.4. The van der Waals surface area contributed by atoms with E-state index in [-0.39, 0.29) is 5.69 Å². The van der Waals surface area contributed by atoms with Crippen molar-refractivity contribution in [2.45, 2.75) is 38.6 Å². The lowest BCUT2D eigenvalue weighted by molar-refractivity contribution is 0.414. The van der Waals surface area contributed by atoms with Crippen LogP contribution in [0.25, 0.3) is 11.0 Å². The number of fused-ring (bicyclic) bond motifs is 1. The SMILES string of the molecule is COc1ccc(N(C)c2cc3c(cn2)n(C)c(=O)n3C2CCCC2)c(C)c1. The summed E-state index contributed by atoms with van der Waals surface area (Å²) >= 11 is 0. The zero-order chi connectivity index (χ0) is 19.1. The molecule has 142 valence electrons. The average molecular weight is 366 g/mol. The maximum Gasteiger partial charge on any atom is 0.329 e. The zero-order valence-electron chi connectivity index (χ0n) is 16.4. The topological polar surface area (TPSA) is 52.3 Å². The lowest BCUT2D eigenvalue weighted by Gasteiger charge is -2.21. The second-order valence-electron chi connectivity index (χ2n) is 7.39. The van der Waals surface area contributed by atoms with Crippen molar-refractivity contribution < 1.29 is 4.74 Å². The van der Waals surface area contributed by atoms with Crippen LogP contribution in [0.5, 0.6) is 5.75 Å². The highest BCUT2D eigenvalue weighted by Crippen LogP contribution is 2.33. The van der Waals surface area contributed by atoms with E-state index in [0.717, 1.165) is 46.7 Å². The quantitative estimate of drug-likeness (QED) is 0.702. The second kappa shape index (κ2) is 6.76. The molecule has 0 amide bonds. The smallest absolute Gasteiger partial charge is 0.329 e. The van der Waals surface area contributed by atoms with Gasteiger partial charge in [0.25, 0.3) is 0 Å². The number of pyridine rings is 1. The first kappa shape index (κ1) is 17.6.